The average molecular weight is 295 g/mol. The summed E-state index contributed by atoms with van der Waals surface area (Å²) in [6.45, 7) is 2.27. The molecule has 112 valence electrons. The van der Waals surface area contributed by atoms with Gasteiger partial charge in [0, 0.05) is 19.5 Å². The molecule has 1 unspecified atom stereocenters. The van der Waals surface area contributed by atoms with Crippen LogP contribution in [0.5, 0.6) is 0 Å². The monoisotopic (exact) mass is 295 g/mol. The number of rotatable bonds is 9. The predicted octanol–water partition coefficient (Wildman–Crippen LogP) is -0.535. The molecule has 8 nitrogen and oxygen atoms in total. The second kappa shape index (κ2) is 8.70. The molecule has 0 aliphatic rings. The number of carboxylic acid groups (broad SMARTS) is 1. The smallest absolute Gasteiger partial charge is 0.314 e. The second-order valence-electron chi connectivity index (χ2n) is 4.38. The summed E-state index contributed by atoms with van der Waals surface area (Å²) in [7, 11) is -3.57. The molecule has 0 aliphatic carbocycles. The Morgan fingerprint density at radius 3 is 2.32 bits per heavy atom. The van der Waals surface area contributed by atoms with Gasteiger partial charge in [-0.3, -0.25) is 4.79 Å². The molecule has 5 N–H and O–H groups in total. The van der Waals surface area contributed by atoms with Gasteiger partial charge in [0.2, 0.25) is 10.0 Å². The van der Waals surface area contributed by atoms with Crippen LogP contribution in [0.4, 0.5) is 4.79 Å². The number of urea groups is 1. The van der Waals surface area contributed by atoms with Gasteiger partial charge in [-0.05, 0) is 18.8 Å². The molecule has 0 heterocycles. The number of hydrogen-bond donors (Lipinski definition) is 4. The van der Waals surface area contributed by atoms with Crippen LogP contribution in [-0.2, 0) is 14.8 Å². The third kappa shape index (κ3) is 12.9. The van der Waals surface area contributed by atoms with Crippen LogP contribution in [0.25, 0.3) is 0 Å². The molecule has 1 atom stereocenters. The zero-order chi connectivity index (χ0) is 14.9. The number of nitrogens with one attached hydrogen (secondary N) is 2. The van der Waals surface area contributed by atoms with Crippen molar-refractivity contribution in [3.63, 3.8) is 0 Å². The fourth-order valence-corrected chi connectivity index (χ4v) is 1.70. The van der Waals surface area contributed by atoms with Crippen molar-refractivity contribution in [2.45, 2.75) is 26.2 Å². The summed E-state index contributed by atoms with van der Waals surface area (Å²) < 4.78 is 21.2. The van der Waals surface area contributed by atoms with E-state index in [-0.39, 0.29) is 24.6 Å². The Bertz CT molecular complexity index is 396. The van der Waals surface area contributed by atoms with Crippen molar-refractivity contribution in [3.8, 4) is 0 Å². The molecule has 0 aromatic rings. The van der Waals surface area contributed by atoms with Gasteiger partial charge in [0.1, 0.15) is 0 Å². The Labute approximate surface area is 112 Å². The minimum atomic E-state index is -3.57. The summed E-state index contributed by atoms with van der Waals surface area (Å²) in [6, 6.07) is -0.464. The number of sulfonamides is 1. The van der Waals surface area contributed by atoms with Gasteiger partial charge in [-0.25, -0.2) is 18.4 Å². The Kier molecular flexibility index (Phi) is 8.08. The highest BCUT2D eigenvalue weighted by Crippen LogP contribution is 2.08. The van der Waals surface area contributed by atoms with E-state index in [2.05, 4.69) is 10.6 Å². The van der Waals surface area contributed by atoms with E-state index in [1.807, 2.05) is 6.92 Å². The summed E-state index contributed by atoms with van der Waals surface area (Å²) in [6.07, 6.45) is 1.33. The maximum atomic E-state index is 11.2. The third-order valence-corrected chi connectivity index (χ3v) is 3.22. The molecule has 0 aromatic heterocycles. The van der Waals surface area contributed by atoms with Crippen LogP contribution in [0.2, 0.25) is 0 Å². The minimum absolute atomic E-state index is 0.0424. The molecular weight excluding hydrogens is 274 g/mol. The van der Waals surface area contributed by atoms with E-state index in [0.29, 0.717) is 19.4 Å². The van der Waals surface area contributed by atoms with Crippen LogP contribution in [0.15, 0.2) is 0 Å². The summed E-state index contributed by atoms with van der Waals surface area (Å²) in [5.41, 5.74) is 0. The fraction of sp³-hybridized carbons (Fsp3) is 0.800. The SMILES string of the molecule is CC(CCNC(=O)NCCS(N)(=O)=O)CCC(=O)O. The quantitative estimate of drug-likeness (QED) is 0.452. The largest absolute Gasteiger partial charge is 0.481 e. The molecular formula is C10H21N3O5S. The highest BCUT2D eigenvalue weighted by molar-refractivity contribution is 7.89. The molecule has 0 aromatic carbocycles. The highest BCUT2D eigenvalue weighted by atomic mass is 32.2. The summed E-state index contributed by atoms with van der Waals surface area (Å²) in [5, 5.41) is 18.2. The van der Waals surface area contributed by atoms with Crippen molar-refractivity contribution in [3.05, 3.63) is 0 Å². The van der Waals surface area contributed by atoms with Gasteiger partial charge in [0.15, 0.2) is 0 Å². The van der Waals surface area contributed by atoms with Crippen molar-refractivity contribution >= 4 is 22.0 Å². The summed E-state index contributed by atoms with van der Waals surface area (Å²) in [4.78, 5) is 21.6. The Hall–Kier alpha value is -1.35. The van der Waals surface area contributed by atoms with Crippen molar-refractivity contribution in [2.24, 2.45) is 11.1 Å². The number of aliphatic carboxylic acids is 1. The molecule has 0 rings (SSSR count). The van der Waals surface area contributed by atoms with E-state index in [0.717, 1.165) is 0 Å². The Morgan fingerprint density at radius 2 is 1.79 bits per heavy atom. The molecule has 0 bridgehead atoms. The van der Waals surface area contributed by atoms with Crippen molar-refractivity contribution in [1.82, 2.24) is 10.6 Å². The van der Waals surface area contributed by atoms with E-state index in [4.69, 9.17) is 10.2 Å². The first kappa shape index (κ1) is 17.6. The number of hydrogen-bond acceptors (Lipinski definition) is 4. The van der Waals surface area contributed by atoms with E-state index in [9.17, 15) is 18.0 Å². The lowest BCUT2D eigenvalue weighted by Crippen LogP contribution is -2.39. The average Bonchev–Trinajstić information content (AvgIpc) is 2.24. The van der Waals surface area contributed by atoms with Gasteiger partial charge in [0.25, 0.3) is 0 Å². The number of primary sulfonamides is 1. The molecule has 9 heteroatoms. The zero-order valence-corrected chi connectivity index (χ0v) is 11.7. The summed E-state index contributed by atoms with van der Waals surface area (Å²) >= 11 is 0. The second-order valence-corrected chi connectivity index (χ2v) is 6.11. The highest BCUT2D eigenvalue weighted by Gasteiger charge is 2.07. The first-order valence-electron chi connectivity index (χ1n) is 5.94. The number of carboxylic acids is 1. The number of amides is 2. The molecule has 0 saturated carbocycles. The zero-order valence-electron chi connectivity index (χ0n) is 10.9. The first-order chi connectivity index (χ1) is 8.70. The van der Waals surface area contributed by atoms with Gasteiger partial charge in [-0.1, -0.05) is 6.92 Å². The van der Waals surface area contributed by atoms with Gasteiger partial charge in [0.05, 0.1) is 5.75 Å². The van der Waals surface area contributed by atoms with E-state index < -0.39 is 22.0 Å². The van der Waals surface area contributed by atoms with Crippen LogP contribution in [0.1, 0.15) is 26.2 Å². The molecule has 0 radical (unpaired) electrons. The normalized spacial score (nSPS) is 12.7. The van der Waals surface area contributed by atoms with Gasteiger partial charge in [-0.15, -0.1) is 0 Å². The molecule has 0 aliphatic heterocycles. The molecule has 0 fully saturated rings. The molecule has 19 heavy (non-hydrogen) atoms. The van der Waals surface area contributed by atoms with Crippen LogP contribution < -0.4 is 15.8 Å². The van der Waals surface area contributed by atoms with Crippen LogP contribution in [0.3, 0.4) is 0 Å². The summed E-state index contributed by atoms with van der Waals surface area (Å²) in [5.74, 6) is -0.948. The molecule has 0 spiro atoms. The number of nitrogens with two attached hydrogens (primary N) is 1. The van der Waals surface area contributed by atoms with Crippen molar-refractivity contribution < 1.29 is 23.1 Å². The Balaban J connectivity index is 3.60. The van der Waals surface area contributed by atoms with Crippen molar-refractivity contribution in [2.75, 3.05) is 18.8 Å². The van der Waals surface area contributed by atoms with Gasteiger partial charge < -0.3 is 15.7 Å². The minimum Gasteiger partial charge on any atom is -0.481 e. The van der Waals surface area contributed by atoms with Gasteiger partial charge in [-0.2, -0.15) is 0 Å². The fourth-order valence-electron chi connectivity index (χ4n) is 1.32. The van der Waals surface area contributed by atoms with E-state index in [1.54, 1.807) is 0 Å². The van der Waals surface area contributed by atoms with Crippen LogP contribution in [-0.4, -0.2) is 44.4 Å². The standard InChI is InChI=1S/C10H21N3O5S/c1-8(2-3-9(14)15)4-5-12-10(16)13-6-7-19(11,17)18/h8H,2-7H2,1H3,(H,14,15)(H2,11,17,18)(H2,12,13,16). The maximum Gasteiger partial charge on any atom is 0.314 e. The number of carbonyl (C=O) groups is 2. The molecule has 0 saturated heterocycles. The lowest BCUT2D eigenvalue weighted by atomic mass is 10.0. The van der Waals surface area contributed by atoms with Crippen LogP contribution in [0, 0.1) is 5.92 Å². The third-order valence-electron chi connectivity index (χ3n) is 2.45. The number of carbonyl (C=O) groups excluding carboxylic acids is 1. The lowest BCUT2D eigenvalue weighted by Gasteiger charge is -2.11. The Morgan fingerprint density at radius 1 is 1.21 bits per heavy atom. The van der Waals surface area contributed by atoms with E-state index in [1.165, 1.54) is 0 Å². The van der Waals surface area contributed by atoms with Crippen molar-refractivity contribution in [1.29, 1.82) is 0 Å². The van der Waals surface area contributed by atoms with Crippen LogP contribution >= 0.6 is 0 Å². The topological polar surface area (TPSA) is 139 Å². The maximum absolute atomic E-state index is 11.2. The van der Waals surface area contributed by atoms with E-state index >= 15 is 0 Å². The molecule has 2 amide bonds. The lowest BCUT2D eigenvalue weighted by molar-refractivity contribution is -0.137. The predicted molar refractivity (Wildman–Crippen MR) is 70.0 cm³/mol. The first-order valence-corrected chi connectivity index (χ1v) is 7.66. The van der Waals surface area contributed by atoms with Gasteiger partial charge >= 0.3 is 12.0 Å².